The third-order valence-corrected chi connectivity index (χ3v) is 6.56. The molecule has 2 N–H and O–H groups in total. The smallest absolute Gasteiger partial charge is 0.325 e. The SMILES string of the molecule is C[C@]1(c2ccc3c(c2)OCCCO3)NC(=O)N(CC(=O)Nc2cccc(S(C)(=O)=O)c2)C1=O. The van der Waals surface area contributed by atoms with Gasteiger partial charge >= 0.3 is 6.03 Å². The molecule has 11 heteroatoms. The molecule has 2 aromatic rings. The number of hydrogen-bond donors (Lipinski definition) is 2. The van der Waals surface area contributed by atoms with Gasteiger partial charge in [-0.2, -0.15) is 0 Å². The highest BCUT2D eigenvalue weighted by molar-refractivity contribution is 7.90. The predicted molar refractivity (Wildman–Crippen MR) is 118 cm³/mol. The van der Waals surface area contributed by atoms with Crippen molar-refractivity contribution in [3.05, 3.63) is 48.0 Å². The van der Waals surface area contributed by atoms with E-state index in [4.69, 9.17) is 9.47 Å². The molecule has 0 radical (unpaired) electrons. The Hall–Kier alpha value is -3.60. The Labute approximate surface area is 190 Å². The normalized spacial score (nSPS) is 20.2. The van der Waals surface area contributed by atoms with E-state index >= 15 is 0 Å². The molecule has 174 valence electrons. The van der Waals surface area contributed by atoms with Crippen LogP contribution in [0.5, 0.6) is 11.5 Å². The molecule has 1 saturated heterocycles. The molecule has 0 saturated carbocycles. The van der Waals surface area contributed by atoms with Crippen LogP contribution in [0.3, 0.4) is 0 Å². The van der Waals surface area contributed by atoms with Crippen LogP contribution < -0.4 is 20.1 Å². The number of carbonyl (C=O) groups excluding carboxylic acids is 3. The number of anilines is 1. The molecule has 2 aliphatic heterocycles. The molecular formula is C22H23N3O7S. The summed E-state index contributed by atoms with van der Waals surface area (Å²) in [6.45, 7) is 2.02. The van der Waals surface area contributed by atoms with Crippen molar-refractivity contribution in [2.75, 3.05) is 31.3 Å². The molecule has 0 aliphatic carbocycles. The lowest BCUT2D eigenvalue weighted by Crippen LogP contribution is -2.42. The summed E-state index contributed by atoms with van der Waals surface area (Å²) < 4.78 is 34.7. The first-order valence-corrected chi connectivity index (χ1v) is 12.1. The number of amides is 4. The highest BCUT2D eigenvalue weighted by Crippen LogP contribution is 2.36. The zero-order valence-corrected chi connectivity index (χ0v) is 18.9. The van der Waals surface area contributed by atoms with Gasteiger partial charge in [-0.1, -0.05) is 12.1 Å². The Balaban J connectivity index is 1.50. The number of sulfone groups is 1. The summed E-state index contributed by atoms with van der Waals surface area (Å²) in [7, 11) is -3.46. The Kier molecular flexibility index (Phi) is 5.75. The van der Waals surface area contributed by atoms with Crippen LogP contribution in [0.25, 0.3) is 0 Å². The molecule has 1 atom stereocenters. The summed E-state index contributed by atoms with van der Waals surface area (Å²) in [6, 6.07) is 10.0. The van der Waals surface area contributed by atoms with Gasteiger partial charge in [-0.3, -0.25) is 14.5 Å². The Bertz CT molecular complexity index is 1240. The van der Waals surface area contributed by atoms with Crippen molar-refractivity contribution >= 4 is 33.4 Å². The highest BCUT2D eigenvalue weighted by Gasteiger charge is 2.49. The predicted octanol–water partition coefficient (Wildman–Crippen LogP) is 1.66. The van der Waals surface area contributed by atoms with Gasteiger partial charge in [0, 0.05) is 18.4 Å². The second kappa shape index (κ2) is 8.39. The minimum atomic E-state index is -3.46. The number of fused-ring (bicyclic) bond motifs is 1. The molecule has 10 nitrogen and oxygen atoms in total. The van der Waals surface area contributed by atoms with Crippen LogP contribution in [0.15, 0.2) is 47.4 Å². The average molecular weight is 474 g/mol. The Morgan fingerprint density at radius 3 is 2.58 bits per heavy atom. The van der Waals surface area contributed by atoms with Gasteiger partial charge in [-0.15, -0.1) is 0 Å². The van der Waals surface area contributed by atoms with E-state index in [1.807, 2.05) is 0 Å². The first kappa shape index (κ1) is 22.6. The topological polar surface area (TPSA) is 131 Å². The minimum absolute atomic E-state index is 0.0391. The molecule has 2 aliphatic rings. The standard InChI is InChI=1S/C22H23N3O7S/c1-22(14-7-8-17-18(11-14)32-10-4-9-31-17)20(27)25(21(28)24-22)13-19(26)23-15-5-3-6-16(12-15)33(2,29)30/h3,5-8,11-12H,4,9-10,13H2,1-2H3,(H,23,26)(H,24,28)/t22-/m1/s1. The molecule has 2 aromatic carbocycles. The molecule has 2 heterocycles. The van der Waals surface area contributed by atoms with E-state index < -0.39 is 39.8 Å². The van der Waals surface area contributed by atoms with Crippen molar-refractivity contribution in [2.24, 2.45) is 0 Å². The van der Waals surface area contributed by atoms with E-state index in [-0.39, 0.29) is 10.6 Å². The van der Waals surface area contributed by atoms with E-state index in [2.05, 4.69) is 10.6 Å². The van der Waals surface area contributed by atoms with Crippen molar-refractivity contribution in [2.45, 2.75) is 23.8 Å². The summed E-state index contributed by atoms with van der Waals surface area (Å²) in [5.74, 6) is -0.200. The highest BCUT2D eigenvalue weighted by atomic mass is 32.2. The number of imide groups is 1. The molecule has 0 bridgehead atoms. The van der Waals surface area contributed by atoms with Gasteiger partial charge < -0.3 is 20.1 Å². The van der Waals surface area contributed by atoms with Gasteiger partial charge in [0.25, 0.3) is 5.91 Å². The van der Waals surface area contributed by atoms with Gasteiger partial charge in [0.1, 0.15) is 12.1 Å². The van der Waals surface area contributed by atoms with E-state index in [0.717, 1.165) is 17.6 Å². The van der Waals surface area contributed by atoms with Crippen LogP contribution in [0.1, 0.15) is 18.9 Å². The van der Waals surface area contributed by atoms with Crippen LogP contribution in [0, 0.1) is 0 Å². The van der Waals surface area contributed by atoms with Crippen molar-refractivity contribution in [3.8, 4) is 11.5 Å². The average Bonchev–Trinajstić information content (AvgIpc) is 2.92. The van der Waals surface area contributed by atoms with Crippen LogP contribution in [0.2, 0.25) is 0 Å². The zero-order valence-electron chi connectivity index (χ0n) is 18.1. The van der Waals surface area contributed by atoms with Gasteiger partial charge in [0.05, 0.1) is 18.1 Å². The van der Waals surface area contributed by atoms with Crippen LogP contribution >= 0.6 is 0 Å². The molecule has 0 aromatic heterocycles. The fourth-order valence-electron chi connectivity index (χ4n) is 3.66. The van der Waals surface area contributed by atoms with Gasteiger partial charge in [-0.05, 0) is 42.8 Å². The number of urea groups is 1. The van der Waals surface area contributed by atoms with Crippen LogP contribution in [-0.2, 0) is 25.0 Å². The van der Waals surface area contributed by atoms with E-state index in [0.29, 0.717) is 30.3 Å². The number of nitrogens with one attached hydrogen (secondary N) is 2. The second-order valence-corrected chi connectivity index (χ2v) is 10.0. The second-order valence-electron chi connectivity index (χ2n) is 8.01. The molecular weight excluding hydrogens is 450 g/mol. The molecule has 0 unspecified atom stereocenters. The van der Waals surface area contributed by atoms with Crippen molar-refractivity contribution in [1.82, 2.24) is 10.2 Å². The number of nitrogens with zero attached hydrogens (tertiary/aromatic N) is 1. The molecule has 33 heavy (non-hydrogen) atoms. The van der Waals surface area contributed by atoms with Crippen LogP contribution in [-0.4, -0.2) is 57.2 Å². The summed E-state index contributed by atoms with van der Waals surface area (Å²) in [5.41, 5.74) is -0.660. The molecule has 0 spiro atoms. The lowest BCUT2D eigenvalue weighted by molar-refractivity contribution is -0.133. The maximum Gasteiger partial charge on any atom is 0.325 e. The van der Waals surface area contributed by atoms with Crippen molar-refractivity contribution < 1.29 is 32.3 Å². The maximum atomic E-state index is 13.2. The lowest BCUT2D eigenvalue weighted by atomic mass is 9.91. The molecule has 1 fully saturated rings. The third kappa shape index (κ3) is 4.49. The summed E-state index contributed by atoms with van der Waals surface area (Å²) in [4.78, 5) is 39.1. The quantitative estimate of drug-likeness (QED) is 0.632. The van der Waals surface area contributed by atoms with Crippen molar-refractivity contribution in [3.63, 3.8) is 0 Å². The largest absolute Gasteiger partial charge is 0.490 e. The number of ether oxygens (including phenoxy) is 2. The Morgan fingerprint density at radius 2 is 1.85 bits per heavy atom. The third-order valence-electron chi connectivity index (χ3n) is 5.45. The first-order chi connectivity index (χ1) is 15.6. The monoisotopic (exact) mass is 473 g/mol. The maximum absolute atomic E-state index is 13.2. The fourth-order valence-corrected chi connectivity index (χ4v) is 4.33. The summed E-state index contributed by atoms with van der Waals surface area (Å²) in [6.07, 6.45) is 1.79. The van der Waals surface area contributed by atoms with Gasteiger partial charge in [0.15, 0.2) is 21.3 Å². The van der Waals surface area contributed by atoms with Crippen LogP contribution in [0.4, 0.5) is 10.5 Å². The van der Waals surface area contributed by atoms with E-state index in [1.165, 1.54) is 24.3 Å². The van der Waals surface area contributed by atoms with Crippen molar-refractivity contribution in [1.29, 1.82) is 0 Å². The zero-order chi connectivity index (χ0) is 23.8. The minimum Gasteiger partial charge on any atom is -0.490 e. The number of rotatable bonds is 5. The summed E-state index contributed by atoms with van der Waals surface area (Å²) in [5, 5.41) is 5.17. The molecule has 4 amide bonds. The number of carbonyl (C=O) groups is 3. The summed E-state index contributed by atoms with van der Waals surface area (Å²) >= 11 is 0. The first-order valence-electron chi connectivity index (χ1n) is 10.2. The Morgan fingerprint density at radius 1 is 1.12 bits per heavy atom. The number of hydrogen-bond acceptors (Lipinski definition) is 7. The van der Waals surface area contributed by atoms with E-state index in [1.54, 1.807) is 25.1 Å². The van der Waals surface area contributed by atoms with Gasteiger partial charge in [0.2, 0.25) is 5.91 Å². The van der Waals surface area contributed by atoms with Gasteiger partial charge in [-0.25, -0.2) is 13.2 Å². The van der Waals surface area contributed by atoms with E-state index in [9.17, 15) is 22.8 Å². The lowest BCUT2D eigenvalue weighted by Gasteiger charge is -2.23. The fraction of sp³-hybridized carbons (Fsp3) is 0.318. The molecule has 4 rings (SSSR count). The number of benzene rings is 2.